The van der Waals surface area contributed by atoms with Crippen molar-refractivity contribution >= 4 is 26.3 Å². The van der Waals surface area contributed by atoms with E-state index in [-0.39, 0.29) is 24.6 Å². The minimum absolute atomic E-state index is 0.0209. The van der Waals surface area contributed by atoms with Crippen LogP contribution in [0.5, 0.6) is 0 Å². The molecule has 1 heterocycles. The second-order valence-corrected chi connectivity index (χ2v) is 15.9. The molecule has 2 atom stereocenters. The molecule has 3 rings (SSSR count). The molecule has 38 heavy (non-hydrogen) atoms. The maximum atomic E-state index is 13.5. The first-order chi connectivity index (χ1) is 17.9. The zero-order valence-corrected chi connectivity index (χ0v) is 24.3. The first-order valence-corrected chi connectivity index (χ1v) is 15.9. The number of hydrogen-bond acceptors (Lipinski definition) is 6. The van der Waals surface area contributed by atoms with E-state index in [0.717, 1.165) is 16.7 Å². The number of carbonyl (C=O) groups excluding carboxylic acids is 3. The number of hydrogen-bond donors (Lipinski definition) is 1. The summed E-state index contributed by atoms with van der Waals surface area (Å²) < 4.78 is 16.8. The van der Waals surface area contributed by atoms with Crippen LogP contribution in [-0.4, -0.2) is 57.0 Å². The van der Waals surface area contributed by atoms with Crippen molar-refractivity contribution in [3.63, 3.8) is 0 Å². The number of methoxy groups -OCH3 is 1. The van der Waals surface area contributed by atoms with E-state index in [0.29, 0.717) is 13.0 Å². The largest absolute Gasteiger partial charge is 0.467 e. The van der Waals surface area contributed by atoms with E-state index in [1.807, 2.05) is 54.6 Å². The van der Waals surface area contributed by atoms with Crippen LogP contribution in [0.25, 0.3) is 0 Å². The van der Waals surface area contributed by atoms with Crippen LogP contribution in [-0.2, 0) is 43.1 Å². The molecule has 0 unspecified atom stereocenters. The van der Waals surface area contributed by atoms with Crippen LogP contribution in [0.4, 0.5) is 4.79 Å². The fourth-order valence-electron chi connectivity index (χ4n) is 4.06. The van der Waals surface area contributed by atoms with Gasteiger partial charge in [-0.15, -0.1) is 0 Å². The van der Waals surface area contributed by atoms with Crippen LogP contribution in [0, 0.1) is 0 Å². The Morgan fingerprint density at radius 1 is 1.03 bits per heavy atom. The Kier molecular flexibility index (Phi) is 9.73. The van der Waals surface area contributed by atoms with E-state index < -0.39 is 38.4 Å². The van der Waals surface area contributed by atoms with E-state index >= 15 is 0 Å². The summed E-state index contributed by atoms with van der Waals surface area (Å²) in [6.07, 6.45) is 0.00289. The summed E-state index contributed by atoms with van der Waals surface area (Å²) in [5, 5.41) is 2.85. The summed E-state index contributed by atoms with van der Waals surface area (Å²) in [5.41, 5.74) is 2.79. The SMILES string of the molecule is COC(=O)[C@H](CCO[Si](C)(C)C(C)(C)C)NC(=O)[C@@H]1Cc2ccccc2CN1C(=O)OCc1ccccc1. The Hall–Kier alpha value is -3.17. The van der Waals surface area contributed by atoms with Gasteiger partial charge < -0.3 is 19.2 Å². The number of amides is 2. The minimum Gasteiger partial charge on any atom is -0.467 e. The molecule has 2 amide bonds. The molecule has 0 spiro atoms. The first kappa shape index (κ1) is 29.4. The molecule has 2 aromatic carbocycles. The predicted octanol–water partition coefficient (Wildman–Crippen LogP) is 4.82. The Balaban J connectivity index is 1.73. The lowest BCUT2D eigenvalue weighted by Crippen LogP contribution is -2.56. The molecule has 0 aromatic heterocycles. The van der Waals surface area contributed by atoms with E-state index in [9.17, 15) is 14.4 Å². The van der Waals surface area contributed by atoms with Gasteiger partial charge >= 0.3 is 12.1 Å². The summed E-state index contributed by atoms with van der Waals surface area (Å²) in [5.74, 6) is -0.981. The van der Waals surface area contributed by atoms with Gasteiger partial charge in [0.05, 0.1) is 13.7 Å². The van der Waals surface area contributed by atoms with Gasteiger partial charge in [-0.05, 0) is 34.8 Å². The lowest BCUT2D eigenvalue weighted by molar-refractivity contribution is -0.146. The molecule has 206 valence electrons. The van der Waals surface area contributed by atoms with Gasteiger partial charge in [-0.25, -0.2) is 9.59 Å². The van der Waals surface area contributed by atoms with E-state index in [1.165, 1.54) is 12.0 Å². The van der Waals surface area contributed by atoms with Gasteiger partial charge in [0.2, 0.25) is 5.91 Å². The number of fused-ring (bicyclic) bond motifs is 1. The van der Waals surface area contributed by atoms with Crippen molar-refractivity contribution in [3.8, 4) is 0 Å². The van der Waals surface area contributed by atoms with Crippen LogP contribution in [0.2, 0.25) is 18.1 Å². The summed E-state index contributed by atoms with van der Waals surface area (Å²) in [6.45, 7) is 11.4. The van der Waals surface area contributed by atoms with Crippen molar-refractivity contribution in [1.29, 1.82) is 0 Å². The fraction of sp³-hybridized carbons (Fsp3) is 0.483. The highest BCUT2D eigenvalue weighted by Gasteiger charge is 2.39. The molecule has 1 aliphatic rings. The Morgan fingerprint density at radius 2 is 1.66 bits per heavy atom. The number of benzene rings is 2. The zero-order valence-electron chi connectivity index (χ0n) is 23.3. The topological polar surface area (TPSA) is 94.2 Å². The van der Waals surface area contributed by atoms with Gasteiger partial charge in [-0.2, -0.15) is 0 Å². The van der Waals surface area contributed by atoms with Crippen LogP contribution in [0.3, 0.4) is 0 Å². The van der Waals surface area contributed by atoms with Gasteiger partial charge in [0.15, 0.2) is 8.32 Å². The van der Waals surface area contributed by atoms with Gasteiger partial charge in [0.1, 0.15) is 18.7 Å². The van der Waals surface area contributed by atoms with Crippen molar-refractivity contribution in [3.05, 3.63) is 71.3 Å². The average molecular weight is 541 g/mol. The van der Waals surface area contributed by atoms with Crippen LogP contribution < -0.4 is 5.32 Å². The maximum absolute atomic E-state index is 13.5. The number of ether oxygens (including phenoxy) is 2. The first-order valence-electron chi connectivity index (χ1n) is 13.0. The third-order valence-electron chi connectivity index (χ3n) is 7.47. The summed E-state index contributed by atoms with van der Waals surface area (Å²) in [6, 6.07) is 15.4. The molecule has 1 N–H and O–H groups in total. The minimum atomic E-state index is -2.03. The lowest BCUT2D eigenvalue weighted by Gasteiger charge is -2.37. The predicted molar refractivity (Wildman–Crippen MR) is 148 cm³/mol. The second-order valence-electron chi connectivity index (χ2n) is 11.1. The number of nitrogens with one attached hydrogen (secondary N) is 1. The van der Waals surface area contributed by atoms with Crippen molar-refractivity contribution < 1.29 is 28.3 Å². The monoisotopic (exact) mass is 540 g/mol. The summed E-state index contributed by atoms with van der Waals surface area (Å²) >= 11 is 0. The molecule has 1 aliphatic heterocycles. The molecule has 9 heteroatoms. The lowest BCUT2D eigenvalue weighted by atomic mass is 9.93. The number of nitrogens with zero attached hydrogens (tertiary/aromatic N) is 1. The number of rotatable bonds is 9. The molecule has 0 aliphatic carbocycles. The molecule has 8 nitrogen and oxygen atoms in total. The van der Waals surface area contributed by atoms with E-state index in [1.54, 1.807) is 0 Å². The van der Waals surface area contributed by atoms with E-state index in [2.05, 4.69) is 39.2 Å². The molecule has 0 saturated carbocycles. The number of esters is 1. The molecule has 0 radical (unpaired) electrons. The molecular formula is C29H40N2O6Si. The number of carbonyl (C=O) groups is 3. The van der Waals surface area contributed by atoms with Gasteiger partial charge in [-0.1, -0.05) is 75.4 Å². The molecule has 2 aromatic rings. The van der Waals surface area contributed by atoms with Gasteiger partial charge in [0, 0.05) is 19.4 Å². The highest BCUT2D eigenvalue weighted by molar-refractivity contribution is 6.74. The standard InChI is InChI=1S/C29H40N2O6Si/c1-29(2,3)38(5,6)37-17-16-24(27(33)35-4)30-26(32)25-18-22-14-10-11-15-23(22)19-31(25)28(34)36-20-21-12-8-7-9-13-21/h7-15,24-25H,16-20H2,1-6H3,(H,30,32)/t24-,25-/m0/s1. The quantitative estimate of drug-likeness (QED) is 0.362. The van der Waals surface area contributed by atoms with Crippen LogP contribution >= 0.6 is 0 Å². The van der Waals surface area contributed by atoms with Crippen molar-refractivity contribution in [2.24, 2.45) is 0 Å². The van der Waals surface area contributed by atoms with Crippen LogP contribution in [0.15, 0.2) is 54.6 Å². The summed E-state index contributed by atoms with van der Waals surface area (Å²) in [7, 11) is -0.734. The zero-order chi connectivity index (χ0) is 27.9. The van der Waals surface area contributed by atoms with E-state index in [4.69, 9.17) is 13.9 Å². The Bertz CT molecular complexity index is 1120. The van der Waals surface area contributed by atoms with Crippen molar-refractivity contribution in [1.82, 2.24) is 10.2 Å². The molecule has 0 bridgehead atoms. The average Bonchev–Trinajstić information content (AvgIpc) is 2.89. The Labute approximate surface area is 226 Å². The van der Waals surface area contributed by atoms with Gasteiger partial charge in [-0.3, -0.25) is 9.69 Å². The van der Waals surface area contributed by atoms with Gasteiger partial charge in [0.25, 0.3) is 0 Å². The smallest absolute Gasteiger partial charge is 0.411 e. The normalized spacial score (nSPS) is 16.3. The molecular weight excluding hydrogens is 500 g/mol. The highest BCUT2D eigenvalue weighted by atomic mass is 28.4. The van der Waals surface area contributed by atoms with Crippen LogP contribution in [0.1, 0.15) is 43.9 Å². The molecule has 0 saturated heterocycles. The third kappa shape index (κ3) is 7.45. The fourth-order valence-corrected chi connectivity index (χ4v) is 5.12. The second kappa shape index (κ2) is 12.6. The summed E-state index contributed by atoms with van der Waals surface area (Å²) in [4.78, 5) is 40.7. The van der Waals surface area contributed by atoms with Crippen molar-refractivity contribution in [2.45, 2.75) is 77.0 Å². The van der Waals surface area contributed by atoms with Crippen molar-refractivity contribution in [2.75, 3.05) is 13.7 Å². The molecule has 0 fully saturated rings. The third-order valence-corrected chi connectivity index (χ3v) is 12.0. The Morgan fingerprint density at radius 3 is 2.29 bits per heavy atom. The highest BCUT2D eigenvalue weighted by Crippen LogP contribution is 2.36. The maximum Gasteiger partial charge on any atom is 0.411 e.